The van der Waals surface area contributed by atoms with Gasteiger partial charge in [0.15, 0.2) is 0 Å². The minimum atomic E-state index is -0.0663. The number of rotatable bonds is 6. The molecule has 1 aromatic rings. The molecule has 3 rings (SSSR count). The van der Waals surface area contributed by atoms with Crippen molar-refractivity contribution in [3.8, 4) is 0 Å². The maximum Gasteiger partial charge on any atom is 0.266 e. The van der Waals surface area contributed by atoms with Crippen molar-refractivity contribution < 1.29 is 14.3 Å². The van der Waals surface area contributed by atoms with Crippen molar-refractivity contribution in [2.75, 3.05) is 32.8 Å². The molecule has 7 heteroatoms. The Balaban J connectivity index is 1.54. The molecule has 27 heavy (non-hydrogen) atoms. The van der Waals surface area contributed by atoms with E-state index in [9.17, 15) is 9.59 Å². The minimum Gasteiger partial charge on any atom is -0.378 e. The average Bonchev–Trinajstić information content (AvgIpc) is 2.96. The second-order valence-corrected chi connectivity index (χ2v) is 8.20. The number of aryl methyl sites for hydroxylation is 1. The summed E-state index contributed by atoms with van der Waals surface area (Å²) in [5.74, 6) is 0.0543. The van der Waals surface area contributed by atoms with Crippen LogP contribution >= 0.6 is 24.0 Å². The zero-order valence-electron chi connectivity index (χ0n) is 15.5. The molecule has 2 amide bonds. The molecule has 2 saturated heterocycles. The molecule has 2 aliphatic heterocycles. The Morgan fingerprint density at radius 3 is 2.63 bits per heavy atom. The standard InChI is InChI=1S/C20H24N2O3S2/c1-2-15-5-7-16(8-6-15)14-17-19(24)22(20(26)27-17)9-3-4-18(23)21-10-12-25-13-11-21/h5-8,14H,2-4,9-13H2,1H3/b17-14-. The molecule has 0 aromatic heterocycles. The average molecular weight is 405 g/mol. The maximum atomic E-state index is 12.7. The normalized spacial score (nSPS) is 19.2. The molecule has 0 unspecified atom stereocenters. The number of thioether (sulfide) groups is 1. The van der Waals surface area contributed by atoms with Gasteiger partial charge in [-0.2, -0.15) is 0 Å². The van der Waals surface area contributed by atoms with Gasteiger partial charge in [0.05, 0.1) is 18.1 Å². The summed E-state index contributed by atoms with van der Waals surface area (Å²) in [6.45, 7) is 5.10. The molecule has 0 aliphatic carbocycles. The van der Waals surface area contributed by atoms with E-state index < -0.39 is 0 Å². The molecule has 0 N–H and O–H groups in total. The lowest BCUT2D eigenvalue weighted by atomic mass is 10.1. The third kappa shape index (κ3) is 5.18. The van der Waals surface area contributed by atoms with Gasteiger partial charge in [0, 0.05) is 26.1 Å². The van der Waals surface area contributed by atoms with Gasteiger partial charge in [0.25, 0.3) is 5.91 Å². The number of carbonyl (C=O) groups excluding carboxylic acids is 2. The van der Waals surface area contributed by atoms with Crippen molar-refractivity contribution >= 4 is 46.2 Å². The Morgan fingerprint density at radius 2 is 1.96 bits per heavy atom. The first kappa shape index (κ1) is 20.0. The minimum absolute atomic E-state index is 0.0663. The van der Waals surface area contributed by atoms with E-state index in [1.54, 1.807) is 4.90 Å². The second kappa shape index (κ2) is 9.48. The topological polar surface area (TPSA) is 49.9 Å². The summed E-state index contributed by atoms with van der Waals surface area (Å²) in [5.41, 5.74) is 2.26. The lowest BCUT2D eigenvalue weighted by molar-refractivity contribution is -0.135. The number of ether oxygens (including phenoxy) is 1. The lowest BCUT2D eigenvalue weighted by Crippen LogP contribution is -2.41. The fraction of sp³-hybridized carbons (Fsp3) is 0.450. The van der Waals surface area contributed by atoms with Crippen LogP contribution in [0.1, 0.15) is 30.9 Å². The Kier molecular flexibility index (Phi) is 7.04. The zero-order chi connectivity index (χ0) is 19.2. The SMILES string of the molecule is CCc1ccc(/C=C2\SC(=S)N(CCCC(=O)N3CCOCC3)C2=O)cc1. The second-order valence-electron chi connectivity index (χ2n) is 6.53. The molecular weight excluding hydrogens is 380 g/mol. The van der Waals surface area contributed by atoms with Gasteiger partial charge in [0.2, 0.25) is 5.91 Å². The van der Waals surface area contributed by atoms with E-state index in [2.05, 4.69) is 19.1 Å². The summed E-state index contributed by atoms with van der Waals surface area (Å²) < 4.78 is 5.83. The highest BCUT2D eigenvalue weighted by atomic mass is 32.2. The molecule has 2 fully saturated rings. The van der Waals surface area contributed by atoms with Gasteiger partial charge in [-0.25, -0.2) is 0 Å². The number of amides is 2. The van der Waals surface area contributed by atoms with Crippen LogP contribution < -0.4 is 0 Å². The van der Waals surface area contributed by atoms with Crippen LogP contribution in [0.3, 0.4) is 0 Å². The van der Waals surface area contributed by atoms with Crippen LogP contribution in [0.2, 0.25) is 0 Å². The smallest absolute Gasteiger partial charge is 0.266 e. The van der Waals surface area contributed by atoms with Gasteiger partial charge in [-0.15, -0.1) is 0 Å². The highest BCUT2D eigenvalue weighted by Crippen LogP contribution is 2.32. The summed E-state index contributed by atoms with van der Waals surface area (Å²) in [5, 5.41) is 0. The van der Waals surface area contributed by atoms with Crippen LogP contribution in [-0.2, 0) is 20.7 Å². The van der Waals surface area contributed by atoms with Gasteiger partial charge < -0.3 is 9.64 Å². The van der Waals surface area contributed by atoms with Crippen molar-refractivity contribution in [2.24, 2.45) is 0 Å². The van der Waals surface area contributed by atoms with Gasteiger partial charge in [-0.1, -0.05) is 55.2 Å². The summed E-state index contributed by atoms with van der Waals surface area (Å²) >= 11 is 6.70. The number of benzene rings is 1. The molecule has 2 heterocycles. The highest BCUT2D eigenvalue weighted by Gasteiger charge is 2.31. The van der Waals surface area contributed by atoms with Crippen LogP contribution in [0.25, 0.3) is 6.08 Å². The van der Waals surface area contributed by atoms with E-state index in [1.807, 2.05) is 23.1 Å². The van der Waals surface area contributed by atoms with Gasteiger partial charge in [-0.3, -0.25) is 14.5 Å². The van der Waals surface area contributed by atoms with E-state index in [4.69, 9.17) is 17.0 Å². The van der Waals surface area contributed by atoms with Gasteiger partial charge in [-0.05, 0) is 30.0 Å². The van der Waals surface area contributed by atoms with Crippen molar-refractivity contribution in [1.82, 2.24) is 9.80 Å². The fourth-order valence-electron chi connectivity index (χ4n) is 3.05. The van der Waals surface area contributed by atoms with Crippen molar-refractivity contribution in [2.45, 2.75) is 26.2 Å². The van der Waals surface area contributed by atoms with Gasteiger partial charge >= 0.3 is 0 Å². The number of morpholine rings is 1. The first-order valence-corrected chi connectivity index (χ1v) is 10.5. The predicted molar refractivity (Wildman–Crippen MR) is 112 cm³/mol. The molecular formula is C20H24N2O3S2. The molecule has 0 radical (unpaired) electrons. The molecule has 5 nitrogen and oxygen atoms in total. The van der Waals surface area contributed by atoms with Crippen LogP contribution in [0.4, 0.5) is 0 Å². The van der Waals surface area contributed by atoms with Crippen LogP contribution in [0.15, 0.2) is 29.2 Å². The molecule has 144 valence electrons. The van der Waals surface area contributed by atoms with E-state index in [0.29, 0.717) is 54.9 Å². The summed E-state index contributed by atoms with van der Waals surface area (Å²) in [6.07, 6.45) is 3.92. The maximum absolute atomic E-state index is 12.7. The van der Waals surface area contributed by atoms with Crippen molar-refractivity contribution in [1.29, 1.82) is 0 Å². The van der Waals surface area contributed by atoms with Crippen LogP contribution in [0, 0.1) is 0 Å². The number of hydrogen-bond acceptors (Lipinski definition) is 5. The first-order chi connectivity index (χ1) is 13.1. The van der Waals surface area contributed by atoms with Gasteiger partial charge in [0.1, 0.15) is 4.32 Å². The highest BCUT2D eigenvalue weighted by molar-refractivity contribution is 8.26. The summed E-state index contributed by atoms with van der Waals surface area (Å²) in [7, 11) is 0. The Bertz CT molecular complexity index is 740. The predicted octanol–water partition coefficient (Wildman–Crippen LogP) is 3.09. The quantitative estimate of drug-likeness (QED) is 0.539. The third-order valence-corrected chi connectivity index (χ3v) is 6.07. The third-order valence-electron chi connectivity index (χ3n) is 4.70. The van der Waals surface area contributed by atoms with Crippen molar-refractivity contribution in [3.05, 3.63) is 40.3 Å². The number of hydrogen-bond donors (Lipinski definition) is 0. The molecule has 0 saturated carbocycles. The fourth-order valence-corrected chi connectivity index (χ4v) is 4.36. The zero-order valence-corrected chi connectivity index (χ0v) is 17.1. The Morgan fingerprint density at radius 1 is 1.26 bits per heavy atom. The Labute approximate surface area is 169 Å². The van der Waals surface area contributed by atoms with E-state index in [0.717, 1.165) is 12.0 Å². The monoisotopic (exact) mass is 404 g/mol. The molecule has 0 atom stereocenters. The number of thiocarbonyl (C=S) groups is 1. The molecule has 0 spiro atoms. The molecule has 1 aromatic carbocycles. The van der Waals surface area contributed by atoms with E-state index in [1.165, 1.54) is 17.3 Å². The van der Waals surface area contributed by atoms with E-state index in [-0.39, 0.29) is 11.8 Å². The molecule has 0 bridgehead atoms. The largest absolute Gasteiger partial charge is 0.378 e. The lowest BCUT2D eigenvalue weighted by Gasteiger charge is -2.27. The first-order valence-electron chi connectivity index (χ1n) is 9.28. The number of nitrogens with zero attached hydrogens (tertiary/aromatic N) is 2. The number of carbonyl (C=O) groups is 2. The van der Waals surface area contributed by atoms with E-state index >= 15 is 0 Å². The summed E-state index contributed by atoms with van der Waals surface area (Å²) in [6, 6.07) is 8.19. The summed E-state index contributed by atoms with van der Waals surface area (Å²) in [4.78, 5) is 28.9. The molecule has 2 aliphatic rings. The van der Waals surface area contributed by atoms with Crippen molar-refractivity contribution in [3.63, 3.8) is 0 Å². The van der Waals surface area contributed by atoms with Crippen LogP contribution in [-0.4, -0.2) is 58.8 Å². The van der Waals surface area contributed by atoms with Crippen LogP contribution in [0.5, 0.6) is 0 Å². The Hall–Kier alpha value is -1.70.